The number of hydrogen-bond donors (Lipinski definition) is 1. The lowest BCUT2D eigenvalue weighted by atomic mass is 10.2. The topological polar surface area (TPSA) is 20.7 Å². The molecule has 1 N–H and O–H groups in total. The van der Waals surface area contributed by atoms with E-state index < -0.39 is 0 Å². The van der Waals surface area contributed by atoms with Crippen LogP contribution < -0.4 is 0 Å². The number of H-pyrrole nitrogens is 1. The van der Waals surface area contributed by atoms with E-state index in [9.17, 15) is 0 Å². The molecule has 0 amide bonds. The highest BCUT2D eigenvalue weighted by Crippen LogP contribution is 2.16. The van der Waals surface area contributed by atoms with Crippen molar-refractivity contribution in [1.29, 1.82) is 0 Å². The summed E-state index contributed by atoms with van der Waals surface area (Å²) in [7, 11) is 0. The van der Waals surface area contributed by atoms with Crippen LogP contribution in [0, 0.1) is 4.77 Å². The summed E-state index contributed by atoms with van der Waals surface area (Å²) < 4.78 is 2.45. The summed E-state index contributed by atoms with van der Waals surface area (Å²) in [6.45, 7) is 3.68. The van der Waals surface area contributed by atoms with Crippen LogP contribution in [0.1, 0.15) is 0 Å². The van der Waals surface area contributed by atoms with Crippen LogP contribution in [0.5, 0.6) is 0 Å². The lowest BCUT2D eigenvalue weighted by Crippen LogP contribution is -1.78. The summed E-state index contributed by atoms with van der Waals surface area (Å²) in [6, 6.07) is 10.1. The van der Waals surface area contributed by atoms with E-state index in [1.165, 1.54) is 0 Å². The van der Waals surface area contributed by atoms with Gasteiger partial charge in [-0.05, 0) is 17.8 Å². The molecular formula is C11H10N2S. The van der Waals surface area contributed by atoms with Crippen molar-refractivity contribution < 1.29 is 0 Å². The van der Waals surface area contributed by atoms with Gasteiger partial charge in [0.15, 0.2) is 4.77 Å². The van der Waals surface area contributed by atoms with Gasteiger partial charge in [-0.25, -0.2) is 0 Å². The first kappa shape index (κ1) is 8.97. The monoisotopic (exact) mass is 202 g/mol. The van der Waals surface area contributed by atoms with Gasteiger partial charge in [0.2, 0.25) is 0 Å². The van der Waals surface area contributed by atoms with Crippen LogP contribution in [0.25, 0.3) is 17.5 Å². The molecule has 0 atom stereocenters. The maximum Gasteiger partial charge on any atom is 0.181 e. The van der Waals surface area contributed by atoms with Gasteiger partial charge >= 0.3 is 0 Å². The van der Waals surface area contributed by atoms with E-state index in [-0.39, 0.29) is 0 Å². The number of imidazole rings is 1. The Morgan fingerprint density at radius 1 is 1.29 bits per heavy atom. The van der Waals surface area contributed by atoms with Crippen molar-refractivity contribution in [2.75, 3.05) is 0 Å². The molecule has 14 heavy (non-hydrogen) atoms. The quantitative estimate of drug-likeness (QED) is 0.741. The second kappa shape index (κ2) is 3.64. The number of hydrogen-bond acceptors (Lipinski definition) is 1. The Labute approximate surface area is 87.5 Å². The highest BCUT2D eigenvalue weighted by Gasteiger charge is 1.99. The number of nitrogens with one attached hydrogen (secondary N) is 1. The zero-order valence-corrected chi connectivity index (χ0v) is 8.42. The standard InChI is InChI=1S/C11H10N2S/c1-2-13-8-10(12-11(13)14)9-6-4-3-5-7-9/h2-8H,1H2,(H,12,14). The van der Waals surface area contributed by atoms with E-state index in [2.05, 4.69) is 11.6 Å². The van der Waals surface area contributed by atoms with Gasteiger partial charge in [-0.1, -0.05) is 36.9 Å². The molecule has 0 aliphatic rings. The minimum absolute atomic E-state index is 0.666. The zero-order chi connectivity index (χ0) is 9.97. The Kier molecular flexibility index (Phi) is 2.33. The Bertz CT molecular complexity index is 494. The second-order valence-corrected chi connectivity index (χ2v) is 3.32. The van der Waals surface area contributed by atoms with Gasteiger partial charge in [-0.2, -0.15) is 0 Å². The first-order chi connectivity index (χ1) is 6.81. The van der Waals surface area contributed by atoms with Crippen LogP contribution in [-0.4, -0.2) is 9.55 Å². The van der Waals surface area contributed by atoms with Gasteiger partial charge in [0.25, 0.3) is 0 Å². The van der Waals surface area contributed by atoms with Crippen LogP contribution in [-0.2, 0) is 0 Å². The second-order valence-electron chi connectivity index (χ2n) is 2.93. The van der Waals surface area contributed by atoms with Crippen molar-refractivity contribution in [1.82, 2.24) is 9.55 Å². The summed E-state index contributed by atoms with van der Waals surface area (Å²) in [6.07, 6.45) is 3.62. The maximum absolute atomic E-state index is 5.11. The molecule has 0 aliphatic carbocycles. The lowest BCUT2D eigenvalue weighted by molar-refractivity contribution is 1.11. The third-order valence-electron chi connectivity index (χ3n) is 2.03. The van der Waals surface area contributed by atoms with Crippen LogP contribution in [0.15, 0.2) is 43.1 Å². The SMILES string of the molecule is C=Cn1cc(-c2ccccc2)[nH]c1=S. The normalized spacial score (nSPS) is 10.0. The van der Waals surface area contributed by atoms with Gasteiger partial charge < -0.3 is 4.98 Å². The molecule has 0 unspecified atom stereocenters. The number of rotatable bonds is 2. The molecule has 0 spiro atoms. The molecule has 3 heteroatoms. The van der Waals surface area contributed by atoms with Crippen LogP contribution in [0.3, 0.4) is 0 Å². The van der Waals surface area contributed by atoms with E-state index in [1.54, 1.807) is 10.8 Å². The molecule has 2 rings (SSSR count). The molecule has 2 aromatic rings. The summed E-state index contributed by atoms with van der Waals surface area (Å²) in [5.41, 5.74) is 2.13. The highest BCUT2D eigenvalue weighted by molar-refractivity contribution is 7.71. The molecule has 1 aromatic heterocycles. The largest absolute Gasteiger partial charge is 0.330 e. The fourth-order valence-electron chi connectivity index (χ4n) is 1.31. The average molecular weight is 202 g/mol. The van der Waals surface area contributed by atoms with E-state index in [0.717, 1.165) is 11.3 Å². The van der Waals surface area contributed by atoms with E-state index in [1.807, 2.05) is 36.5 Å². The third-order valence-corrected chi connectivity index (χ3v) is 2.34. The van der Waals surface area contributed by atoms with Crippen molar-refractivity contribution in [2.45, 2.75) is 0 Å². The molecule has 0 saturated heterocycles. The molecule has 2 nitrogen and oxygen atoms in total. The Balaban J connectivity index is 2.53. The fourth-order valence-corrected chi connectivity index (χ4v) is 1.55. The number of aromatic amines is 1. The van der Waals surface area contributed by atoms with E-state index >= 15 is 0 Å². The smallest absolute Gasteiger partial charge is 0.181 e. The van der Waals surface area contributed by atoms with Crippen LogP contribution in [0.4, 0.5) is 0 Å². The molecule has 0 radical (unpaired) electrons. The summed E-state index contributed by atoms with van der Waals surface area (Å²) >= 11 is 5.11. The summed E-state index contributed by atoms with van der Waals surface area (Å²) in [5, 5.41) is 0. The van der Waals surface area contributed by atoms with Crippen molar-refractivity contribution in [3.8, 4) is 11.3 Å². The van der Waals surface area contributed by atoms with Crippen LogP contribution >= 0.6 is 12.2 Å². The Morgan fingerprint density at radius 2 is 2.00 bits per heavy atom. The molecule has 0 bridgehead atoms. The molecule has 0 aliphatic heterocycles. The Hall–Kier alpha value is -1.61. The molecular weight excluding hydrogens is 192 g/mol. The molecule has 1 heterocycles. The number of benzene rings is 1. The zero-order valence-electron chi connectivity index (χ0n) is 7.60. The van der Waals surface area contributed by atoms with Gasteiger partial charge in [-0.3, -0.25) is 4.57 Å². The van der Waals surface area contributed by atoms with Crippen molar-refractivity contribution in [2.24, 2.45) is 0 Å². The molecule has 70 valence electrons. The lowest BCUT2D eigenvalue weighted by Gasteiger charge is -1.94. The van der Waals surface area contributed by atoms with Crippen LogP contribution in [0.2, 0.25) is 0 Å². The summed E-state index contributed by atoms with van der Waals surface area (Å²) in [4.78, 5) is 3.12. The van der Waals surface area contributed by atoms with Gasteiger partial charge in [0.05, 0.1) is 5.69 Å². The molecule has 0 saturated carbocycles. The Morgan fingerprint density at radius 3 is 2.57 bits per heavy atom. The predicted molar refractivity (Wildman–Crippen MR) is 61.4 cm³/mol. The number of nitrogens with zero attached hydrogens (tertiary/aromatic N) is 1. The van der Waals surface area contributed by atoms with E-state index in [4.69, 9.17) is 12.2 Å². The first-order valence-corrected chi connectivity index (χ1v) is 4.71. The van der Waals surface area contributed by atoms with Gasteiger partial charge in [-0.15, -0.1) is 0 Å². The van der Waals surface area contributed by atoms with E-state index in [0.29, 0.717) is 4.77 Å². The van der Waals surface area contributed by atoms with Gasteiger partial charge in [0, 0.05) is 12.4 Å². The maximum atomic E-state index is 5.11. The highest BCUT2D eigenvalue weighted by atomic mass is 32.1. The minimum Gasteiger partial charge on any atom is -0.330 e. The van der Waals surface area contributed by atoms with Crippen molar-refractivity contribution >= 4 is 18.4 Å². The number of aromatic nitrogens is 2. The van der Waals surface area contributed by atoms with Gasteiger partial charge in [0.1, 0.15) is 0 Å². The summed E-state index contributed by atoms with van der Waals surface area (Å²) in [5.74, 6) is 0. The molecule has 0 fully saturated rings. The van der Waals surface area contributed by atoms with Crippen molar-refractivity contribution in [3.63, 3.8) is 0 Å². The van der Waals surface area contributed by atoms with Crippen molar-refractivity contribution in [3.05, 3.63) is 47.9 Å². The fraction of sp³-hybridized carbons (Fsp3) is 0. The average Bonchev–Trinajstić information content (AvgIpc) is 2.61. The third kappa shape index (κ3) is 1.54. The first-order valence-electron chi connectivity index (χ1n) is 4.30. The minimum atomic E-state index is 0.666. The molecule has 1 aromatic carbocycles. The predicted octanol–water partition coefficient (Wildman–Crippen LogP) is 3.31.